The minimum Gasteiger partial charge on any atom is -0.452 e. The van der Waals surface area contributed by atoms with Crippen molar-refractivity contribution >= 4 is 34.9 Å². The van der Waals surface area contributed by atoms with Crippen LogP contribution in [0.2, 0.25) is 5.02 Å². The van der Waals surface area contributed by atoms with Crippen molar-refractivity contribution in [2.24, 2.45) is 0 Å². The Morgan fingerprint density at radius 1 is 1.33 bits per heavy atom. The lowest BCUT2D eigenvalue weighted by Crippen LogP contribution is -2.21. The molecule has 1 aromatic heterocycles. The van der Waals surface area contributed by atoms with Crippen LogP contribution in [-0.2, 0) is 9.53 Å². The molecular formula is C18H18ClN3O5. The van der Waals surface area contributed by atoms with Crippen LogP contribution in [0.15, 0.2) is 24.3 Å². The predicted octanol–water partition coefficient (Wildman–Crippen LogP) is 3.80. The average molecular weight is 392 g/mol. The molecule has 27 heavy (non-hydrogen) atoms. The van der Waals surface area contributed by atoms with Crippen LogP contribution in [0.5, 0.6) is 0 Å². The molecule has 1 aliphatic rings. The number of aryl methyl sites for hydroxylation is 1. The van der Waals surface area contributed by atoms with Crippen LogP contribution in [0, 0.1) is 24.0 Å². The van der Waals surface area contributed by atoms with Gasteiger partial charge in [-0.05, 0) is 44.9 Å². The number of nitro benzene ring substituents is 1. The molecule has 9 heteroatoms. The van der Waals surface area contributed by atoms with Gasteiger partial charge in [0.05, 0.1) is 10.5 Å². The van der Waals surface area contributed by atoms with Crippen LogP contribution >= 0.6 is 11.6 Å². The smallest absolute Gasteiger partial charge is 0.340 e. The summed E-state index contributed by atoms with van der Waals surface area (Å²) >= 11 is 5.73. The minimum absolute atomic E-state index is 0.0320. The van der Waals surface area contributed by atoms with Crippen LogP contribution < -0.4 is 5.32 Å². The summed E-state index contributed by atoms with van der Waals surface area (Å²) in [6, 6.07) is 6.09. The standard InChI is InChI=1S/C18H18ClN3O5/c1-10-7-14(11(2)21(10)13-4-5-13)18(24)27-9-17(23)20-12-3-6-15(19)16(8-12)22(25)26/h3,6-8,13H,4-5,9H2,1-2H3,(H,20,23). The van der Waals surface area contributed by atoms with Gasteiger partial charge in [0, 0.05) is 29.2 Å². The van der Waals surface area contributed by atoms with E-state index in [9.17, 15) is 19.7 Å². The van der Waals surface area contributed by atoms with Crippen LogP contribution in [0.1, 0.15) is 40.6 Å². The van der Waals surface area contributed by atoms with E-state index in [1.165, 1.54) is 12.1 Å². The van der Waals surface area contributed by atoms with E-state index in [1.54, 1.807) is 6.07 Å². The molecule has 1 amide bonds. The van der Waals surface area contributed by atoms with Gasteiger partial charge in [-0.25, -0.2) is 4.79 Å². The van der Waals surface area contributed by atoms with Crippen molar-refractivity contribution < 1.29 is 19.2 Å². The number of aromatic nitrogens is 1. The molecule has 8 nitrogen and oxygen atoms in total. The quantitative estimate of drug-likeness (QED) is 0.458. The number of amides is 1. The Bertz CT molecular complexity index is 933. The lowest BCUT2D eigenvalue weighted by Gasteiger charge is -2.08. The monoisotopic (exact) mass is 391 g/mol. The molecule has 1 aromatic carbocycles. The Morgan fingerprint density at radius 2 is 2.04 bits per heavy atom. The number of nitro groups is 1. The zero-order valence-corrected chi connectivity index (χ0v) is 15.6. The molecule has 0 atom stereocenters. The van der Waals surface area contributed by atoms with Gasteiger partial charge in [0.15, 0.2) is 6.61 Å². The number of halogens is 1. The molecule has 2 aromatic rings. The topological polar surface area (TPSA) is 103 Å². The Balaban J connectivity index is 1.61. The number of rotatable bonds is 6. The maximum Gasteiger partial charge on any atom is 0.340 e. The molecule has 142 valence electrons. The molecule has 0 aliphatic heterocycles. The van der Waals surface area contributed by atoms with Crippen LogP contribution in [0.25, 0.3) is 0 Å². The highest BCUT2D eigenvalue weighted by molar-refractivity contribution is 6.32. The lowest BCUT2D eigenvalue weighted by molar-refractivity contribution is -0.384. The zero-order chi connectivity index (χ0) is 19.7. The summed E-state index contributed by atoms with van der Waals surface area (Å²) in [7, 11) is 0. The maximum atomic E-state index is 12.3. The number of ether oxygens (including phenoxy) is 1. The fourth-order valence-electron chi connectivity index (χ4n) is 3.01. The first-order valence-electron chi connectivity index (χ1n) is 8.37. The third kappa shape index (κ3) is 4.11. The van der Waals surface area contributed by atoms with E-state index in [0.29, 0.717) is 11.6 Å². The van der Waals surface area contributed by atoms with E-state index in [2.05, 4.69) is 9.88 Å². The van der Waals surface area contributed by atoms with Crippen molar-refractivity contribution in [3.63, 3.8) is 0 Å². The molecule has 1 aliphatic carbocycles. The van der Waals surface area contributed by atoms with Gasteiger partial charge in [-0.15, -0.1) is 0 Å². The van der Waals surface area contributed by atoms with Gasteiger partial charge in [0.25, 0.3) is 11.6 Å². The normalized spacial score (nSPS) is 13.3. The summed E-state index contributed by atoms with van der Waals surface area (Å²) < 4.78 is 7.20. The van der Waals surface area contributed by atoms with E-state index >= 15 is 0 Å². The first-order valence-corrected chi connectivity index (χ1v) is 8.75. The summed E-state index contributed by atoms with van der Waals surface area (Å²) in [5.74, 6) is -1.18. The number of hydrogen-bond donors (Lipinski definition) is 1. The zero-order valence-electron chi connectivity index (χ0n) is 14.8. The van der Waals surface area contributed by atoms with Crippen molar-refractivity contribution in [1.82, 2.24) is 4.57 Å². The number of esters is 1. The van der Waals surface area contributed by atoms with Gasteiger partial charge in [-0.1, -0.05) is 11.6 Å². The highest BCUT2D eigenvalue weighted by Gasteiger charge is 2.28. The molecule has 0 saturated heterocycles. The summed E-state index contributed by atoms with van der Waals surface area (Å²) in [5, 5.41) is 13.3. The number of hydrogen-bond acceptors (Lipinski definition) is 5. The first-order chi connectivity index (χ1) is 12.8. The molecule has 3 rings (SSSR count). The van der Waals surface area contributed by atoms with E-state index < -0.39 is 23.4 Å². The van der Waals surface area contributed by atoms with Crippen LogP contribution in [0.4, 0.5) is 11.4 Å². The molecule has 0 radical (unpaired) electrons. The number of benzene rings is 1. The number of carbonyl (C=O) groups is 2. The van der Waals surface area contributed by atoms with Crippen molar-refractivity contribution in [3.05, 3.63) is 56.4 Å². The van der Waals surface area contributed by atoms with Crippen molar-refractivity contribution in [2.45, 2.75) is 32.7 Å². The molecule has 1 heterocycles. The Kier molecular flexibility index (Phi) is 5.18. The van der Waals surface area contributed by atoms with Gasteiger partial charge >= 0.3 is 5.97 Å². The number of nitrogens with one attached hydrogen (secondary N) is 1. The summed E-state index contributed by atoms with van der Waals surface area (Å²) in [6.07, 6.45) is 2.20. The molecule has 1 saturated carbocycles. The highest BCUT2D eigenvalue weighted by atomic mass is 35.5. The van der Waals surface area contributed by atoms with Gasteiger partial charge in [0.2, 0.25) is 0 Å². The third-order valence-corrected chi connectivity index (χ3v) is 4.70. The van der Waals surface area contributed by atoms with Crippen molar-refractivity contribution in [3.8, 4) is 0 Å². The number of nitrogens with zero attached hydrogens (tertiary/aromatic N) is 2. The fourth-order valence-corrected chi connectivity index (χ4v) is 3.20. The van der Waals surface area contributed by atoms with Gasteiger partial charge in [-0.2, -0.15) is 0 Å². The van der Waals surface area contributed by atoms with E-state index in [0.717, 1.165) is 30.3 Å². The third-order valence-electron chi connectivity index (χ3n) is 4.38. The molecule has 0 spiro atoms. The second-order valence-corrected chi connectivity index (χ2v) is 6.84. The molecule has 0 bridgehead atoms. The number of anilines is 1. The average Bonchev–Trinajstić information content (AvgIpc) is 3.39. The Morgan fingerprint density at radius 3 is 2.67 bits per heavy atom. The van der Waals surface area contributed by atoms with E-state index in [4.69, 9.17) is 16.3 Å². The van der Waals surface area contributed by atoms with Crippen LogP contribution in [-0.4, -0.2) is 28.0 Å². The Labute approximate surface area is 160 Å². The lowest BCUT2D eigenvalue weighted by atomic mass is 10.2. The van der Waals surface area contributed by atoms with Gasteiger partial charge in [-0.3, -0.25) is 14.9 Å². The van der Waals surface area contributed by atoms with E-state index in [1.807, 2.05) is 13.8 Å². The maximum absolute atomic E-state index is 12.3. The van der Waals surface area contributed by atoms with Gasteiger partial charge in [0.1, 0.15) is 5.02 Å². The van der Waals surface area contributed by atoms with E-state index in [-0.39, 0.29) is 16.4 Å². The fraction of sp³-hybridized carbons (Fsp3) is 0.333. The molecule has 1 N–H and O–H groups in total. The molecule has 0 unspecified atom stereocenters. The molecule has 1 fully saturated rings. The summed E-state index contributed by atoms with van der Waals surface area (Å²) in [4.78, 5) is 34.5. The Hall–Kier alpha value is -2.87. The largest absolute Gasteiger partial charge is 0.452 e. The van der Waals surface area contributed by atoms with Crippen LogP contribution in [0.3, 0.4) is 0 Å². The van der Waals surface area contributed by atoms with Gasteiger partial charge < -0.3 is 14.6 Å². The molecular weight excluding hydrogens is 374 g/mol. The first kappa shape index (κ1) is 18.9. The SMILES string of the molecule is Cc1cc(C(=O)OCC(=O)Nc2ccc(Cl)c([N+](=O)[O-])c2)c(C)n1C1CC1. The summed E-state index contributed by atoms with van der Waals surface area (Å²) in [5.41, 5.74) is 2.13. The number of carbonyl (C=O) groups excluding carboxylic acids is 2. The second kappa shape index (κ2) is 7.40. The second-order valence-electron chi connectivity index (χ2n) is 6.43. The highest BCUT2D eigenvalue weighted by Crippen LogP contribution is 2.38. The van der Waals surface area contributed by atoms with Crippen molar-refractivity contribution in [1.29, 1.82) is 0 Å². The predicted molar refractivity (Wildman–Crippen MR) is 99.2 cm³/mol. The summed E-state index contributed by atoms with van der Waals surface area (Å²) in [6.45, 7) is 3.29. The van der Waals surface area contributed by atoms with Crippen molar-refractivity contribution in [2.75, 3.05) is 11.9 Å². The minimum atomic E-state index is -0.645.